The van der Waals surface area contributed by atoms with Crippen LogP contribution in [0.15, 0.2) is 59.7 Å². The van der Waals surface area contributed by atoms with Gasteiger partial charge >= 0.3 is 0 Å². The number of rotatable bonds is 6. The topological polar surface area (TPSA) is 21.3 Å². The fourth-order valence-electron chi connectivity index (χ4n) is 1.50. The van der Waals surface area contributed by atoms with E-state index < -0.39 is 100 Å². The van der Waals surface area contributed by atoms with E-state index in [9.17, 15) is 0 Å². The Bertz CT molecular complexity index is 1380. The molecule has 2 aromatic carbocycles. The van der Waals surface area contributed by atoms with Crippen LogP contribution < -0.4 is 10.1 Å². The van der Waals surface area contributed by atoms with Crippen LogP contribution in [0.5, 0.6) is 5.75 Å². The van der Waals surface area contributed by atoms with Crippen LogP contribution in [0.2, 0.25) is 0 Å². The molecule has 0 spiro atoms. The van der Waals surface area contributed by atoms with Gasteiger partial charge in [0.05, 0.1) is 15.1 Å². The first kappa shape index (κ1) is 4.83. The summed E-state index contributed by atoms with van der Waals surface area (Å²) in [7, 11) is 1.05. The molecule has 1 atom stereocenters. The molecule has 3 heteroatoms. The predicted molar refractivity (Wildman–Crippen MR) is 90.2 cm³/mol. The van der Waals surface area contributed by atoms with Crippen molar-refractivity contribution in [3.8, 4) is 5.75 Å². The summed E-state index contributed by atoms with van der Waals surface area (Å²) in [5, 5.41) is 0.382. The summed E-state index contributed by atoms with van der Waals surface area (Å²) in [6.45, 7) is -3.04. The lowest BCUT2D eigenvalue weighted by Gasteiger charge is -2.19. The zero-order valence-electron chi connectivity index (χ0n) is 25.8. The lowest BCUT2D eigenvalue weighted by Crippen LogP contribution is -2.15. The maximum absolute atomic E-state index is 8.99. The number of nitrogens with one attached hydrogen (secondary N) is 1. The van der Waals surface area contributed by atoms with Crippen LogP contribution in [0, 0.1) is 0 Å². The van der Waals surface area contributed by atoms with Gasteiger partial charge in [0, 0.05) is 22.1 Å². The van der Waals surface area contributed by atoms with Crippen molar-refractivity contribution in [2.24, 2.45) is 0 Å². The number of thiophene rings is 1. The van der Waals surface area contributed by atoms with Gasteiger partial charge in [0.1, 0.15) is 11.8 Å². The normalized spacial score (nSPS) is 25.5. The second kappa shape index (κ2) is 6.74. The quantitative estimate of drug-likeness (QED) is 0.716. The van der Waals surface area contributed by atoms with Crippen molar-refractivity contribution in [1.82, 2.24) is 5.32 Å². The van der Waals surface area contributed by atoms with E-state index in [1.54, 1.807) is 0 Å². The molecule has 1 N–H and O–H groups in total. The molecule has 0 fully saturated rings. The minimum absolute atomic E-state index is 0.301. The summed E-state index contributed by atoms with van der Waals surface area (Å²) < 4.78 is 129. The fourth-order valence-corrected chi connectivity index (χ4v) is 2.00. The number of ether oxygens (including phenoxy) is 1. The van der Waals surface area contributed by atoms with Crippen LogP contribution in [0.25, 0.3) is 10.8 Å². The highest BCUT2D eigenvalue weighted by Gasteiger charge is 2.15. The number of fused-ring (bicyclic) bond motifs is 1. The summed E-state index contributed by atoms with van der Waals surface area (Å²) >= 11 is 0.301. The van der Waals surface area contributed by atoms with Crippen molar-refractivity contribution in [3.05, 3.63) is 64.6 Å². The maximum Gasteiger partial charge on any atom is 0.134 e. The average Bonchev–Trinajstić information content (AvgIpc) is 3.08. The Balaban J connectivity index is 2.53. The summed E-state index contributed by atoms with van der Waals surface area (Å²) in [6.07, 6.45) is -6.72. The summed E-state index contributed by atoms with van der Waals surface area (Å²) in [5.41, 5.74) is 0. The maximum atomic E-state index is 8.99. The summed E-state index contributed by atoms with van der Waals surface area (Å²) in [5.74, 6) is -0.908. The van der Waals surface area contributed by atoms with Crippen LogP contribution in [-0.4, -0.2) is 13.5 Å². The van der Waals surface area contributed by atoms with Crippen LogP contribution >= 0.6 is 11.3 Å². The van der Waals surface area contributed by atoms with E-state index in [0.717, 1.165) is 7.05 Å². The van der Waals surface area contributed by atoms with E-state index in [2.05, 4.69) is 5.32 Å². The number of hydrogen-bond donors (Lipinski definition) is 1. The van der Waals surface area contributed by atoms with Crippen molar-refractivity contribution < 1.29 is 25.3 Å². The zero-order chi connectivity index (χ0) is 27.7. The van der Waals surface area contributed by atoms with Gasteiger partial charge < -0.3 is 10.1 Å². The van der Waals surface area contributed by atoms with Gasteiger partial charge in [-0.05, 0) is 36.4 Å². The first-order valence-corrected chi connectivity index (χ1v) is 6.63. The summed E-state index contributed by atoms with van der Waals surface area (Å²) in [6, 6.07) is -7.10. The highest BCUT2D eigenvalue weighted by Crippen LogP contribution is 2.32. The number of hydrogen-bond acceptors (Lipinski definition) is 3. The largest absolute Gasteiger partial charge is 0.484 e. The van der Waals surface area contributed by atoms with Crippen molar-refractivity contribution in [3.63, 3.8) is 0 Å². The third-order valence-electron chi connectivity index (χ3n) is 2.37. The van der Waals surface area contributed by atoms with E-state index >= 15 is 0 Å². The molecular formula is C18H19NOS. The Kier molecular flexibility index (Phi) is 1.55. The predicted octanol–water partition coefficient (Wildman–Crippen LogP) is 4.63. The van der Waals surface area contributed by atoms with Crippen molar-refractivity contribution in [2.75, 3.05) is 13.5 Å². The van der Waals surface area contributed by atoms with Crippen LogP contribution in [0.1, 0.15) is 37.9 Å². The van der Waals surface area contributed by atoms with Gasteiger partial charge in [-0.2, -0.15) is 0 Å². The Labute approximate surface area is 150 Å². The van der Waals surface area contributed by atoms with Crippen LogP contribution in [0.3, 0.4) is 0 Å². The minimum atomic E-state index is -3.42. The van der Waals surface area contributed by atoms with Gasteiger partial charge in [0.2, 0.25) is 0 Å². The van der Waals surface area contributed by atoms with E-state index in [-0.39, 0.29) is 0 Å². The smallest absolute Gasteiger partial charge is 0.134 e. The average molecular weight is 313 g/mol. The molecule has 0 aliphatic rings. The first-order valence-electron chi connectivity index (χ1n) is 13.3. The molecule has 0 aliphatic carbocycles. The van der Waals surface area contributed by atoms with Crippen LogP contribution in [-0.2, 0) is 0 Å². The Hall–Kier alpha value is -1.84. The van der Waals surface area contributed by atoms with Crippen molar-refractivity contribution in [2.45, 2.75) is 12.5 Å². The number of benzene rings is 2. The molecule has 0 amide bonds. The molecule has 0 radical (unpaired) electrons. The highest BCUT2D eigenvalue weighted by molar-refractivity contribution is 7.10. The lowest BCUT2D eigenvalue weighted by atomic mass is 10.1. The van der Waals surface area contributed by atoms with Gasteiger partial charge in [-0.3, -0.25) is 0 Å². The monoisotopic (exact) mass is 312 g/mol. The molecule has 1 aromatic heterocycles. The lowest BCUT2D eigenvalue weighted by molar-refractivity contribution is 0.201. The summed E-state index contributed by atoms with van der Waals surface area (Å²) in [4.78, 5) is -0.712. The molecule has 3 rings (SSSR count). The Morgan fingerprint density at radius 3 is 2.90 bits per heavy atom. The van der Waals surface area contributed by atoms with E-state index in [0.29, 0.717) is 11.3 Å². The SMILES string of the molecule is [2H]c1sc(C([2H])(Oc2c([2H])c([2H])c([2H])c3c([2H])c([2H])c([2H])c([2H])c23)C([2H])([2H])C([2H])([2H])NC)c([2H])c1[2H]. The third-order valence-corrected chi connectivity index (χ3v) is 3.07. The molecule has 21 heavy (non-hydrogen) atoms. The second-order valence-corrected chi connectivity index (χ2v) is 4.49. The van der Waals surface area contributed by atoms with Gasteiger partial charge in [-0.15, -0.1) is 11.3 Å². The Morgan fingerprint density at radius 1 is 1.24 bits per heavy atom. The van der Waals surface area contributed by atoms with E-state index in [4.69, 9.17) is 25.3 Å². The second-order valence-electron chi connectivity index (χ2n) is 3.67. The molecule has 108 valence electrons. The standard InChI is InChI=1S/C18H19NOS/c1-19-12-11-17(18-10-5-13-21-18)20-16-9-4-7-14-6-2-3-8-15(14)16/h2-10,13,17,19H,11-12H2,1H3/i2D,3D,4D,5D,6D,7D,8D,9D,10D,11D2,12D2,13D,17D. The molecule has 0 saturated heterocycles. The molecule has 1 unspecified atom stereocenters. The molecule has 2 nitrogen and oxygen atoms in total. The van der Waals surface area contributed by atoms with Gasteiger partial charge in [-0.25, -0.2) is 0 Å². The minimum Gasteiger partial charge on any atom is -0.484 e. The van der Waals surface area contributed by atoms with E-state index in [1.165, 1.54) is 0 Å². The van der Waals surface area contributed by atoms with Gasteiger partial charge in [0.25, 0.3) is 0 Å². The third kappa shape index (κ3) is 3.26. The van der Waals surface area contributed by atoms with Crippen molar-refractivity contribution >= 4 is 22.1 Å². The fraction of sp³-hybridized carbons (Fsp3) is 0.222. The molecule has 1 heterocycles. The molecular weight excluding hydrogens is 278 g/mol. The zero-order valence-corrected chi connectivity index (χ0v) is 11.6. The molecule has 0 aliphatic heterocycles. The Morgan fingerprint density at radius 2 is 2.10 bits per heavy atom. The molecule has 3 aromatic rings. The molecule has 0 saturated carbocycles. The highest BCUT2D eigenvalue weighted by atomic mass is 32.1. The van der Waals surface area contributed by atoms with E-state index in [1.807, 2.05) is 0 Å². The van der Waals surface area contributed by atoms with Crippen molar-refractivity contribution in [1.29, 1.82) is 0 Å². The molecule has 0 bridgehead atoms. The van der Waals surface area contributed by atoms with Gasteiger partial charge in [0.15, 0.2) is 0 Å². The first-order chi connectivity index (χ1) is 16.4. The van der Waals surface area contributed by atoms with Gasteiger partial charge in [-0.1, -0.05) is 42.3 Å². The van der Waals surface area contributed by atoms with Crippen LogP contribution in [0.4, 0.5) is 0 Å².